The lowest BCUT2D eigenvalue weighted by Crippen LogP contribution is -2.35. The molecule has 1 N–H and O–H groups in total. The van der Waals surface area contributed by atoms with E-state index in [4.69, 9.17) is 0 Å². The van der Waals surface area contributed by atoms with Gasteiger partial charge in [0.15, 0.2) is 11.6 Å². The first-order valence-corrected chi connectivity index (χ1v) is 6.79. The highest BCUT2D eigenvalue weighted by atomic mass is 19.2. The highest BCUT2D eigenvalue weighted by molar-refractivity contribution is 5.29. The van der Waals surface area contributed by atoms with E-state index >= 15 is 0 Å². The molecule has 0 bridgehead atoms. The van der Waals surface area contributed by atoms with Crippen LogP contribution in [-0.4, -0.2) is 12.6 Å². The molecule has 0 aliphatic carbocycles. The second-order valence-corrected chi connectivity index (χ2v) is 5.48. The summed E-state index contributed by atoms with van der Waals surface area (Å²) >= 11 is 0. The van der Waals surface area contributed by atoms with Gasteiger partial charge in [-0.15, -0.1) is 0 Å². The van der Waals surface area contributed by atoms with Crippen LogP contribution >= 0.6 is 0 Å². The summed E-state index contributed by atoms with van der Waals surface area (Å²) in [6.45, 7) is 4.98. The van der Waals surface area contributed by atoms with Gasteiger partial charge in [0, 0.05) is 6.04 Å². The molecule has 0 amide bonds. The maximum Gasteiger partial charge on any atom is 0.162 e. The molecule has 1 aliphatic rings. The molecular weight excluding hydrogens is 232 g/mol. The van der Waals surface area contributed by atoms with Gasteiger partial charge in [0.1, 0.15) is 0 Å². The molecule has 1 unspecified atom stereocenters. The zero-order valence-electron chi connectivity index (χ0n) is 11.1. The third kappa shape index (κ3) is 3.08. The highest BCUT2D eigenvalue weighted by Gasteiger charge is 2.18. The molecule has 0 saturated carbocycles. The third-order valence-corrected chi connectivity index (χ3v) is 3.67. The van der Waals surface area contributed by atoms with Crippen molar-refractivity contribution in [1.29, 1.82) is 0 Å². The van der Waals surface area contributed by atoms with E-state index in [0.717, 1.165) is 18.5 Å². The molecule has 1 aliphatic heterocycles. The predicted octanol–water partition coefficient (Wildman–Crippen LogP) is 3.77. The van der Waals surface area contributed by atoms with Crippen molar-refractivity contribution in [2.45, 2.75) is 51.5 Å². The summed E-state index contributed by atoms with van der Waals surface area (Å²) in [7, 11) is 0. The second kappa shape index (κ2) is 5.79. The first-order chi connectivity index (χ1) is 8.58. The van der Waals surface area contributed by atoms with Gasteiger partial charge < -0.3 is 5.32 Å². The monoisotopic (exact) mass is 253 g/mol. The Hall–Kier alpha value is -0.960. The SMILES string of the molecule is CC(C)c1cc(F)c(F)c(CC2CCCCN2)c1. The van der Waals surface area contributed by atoms with Crippen LogP contribution in [0.5, 0.6) is 0 Å². The Balaban J connectivity index is 2.19. The van der Waals surface area contributed by atoms with Gasteiger partial charge in [0.05, 0.1) is 0 Å². The van der Waals surface area contributed by atoms with Gasteiger partial charge in [-0.25, -0.2) is 8.78 Å². The normalized spacial score (nSPS) is 20.4. The number of rotatable bonds is 3. The summed E-state index contributed by atoms with van der Waals surface area (Å²) in [5.41, 5.74) is 1.39. The van der Waals surface area contributed by atoms with Crippen molar-refractivity contribution in [3.63, 3.8) is 0 Å². The Labute approximate surface area is 108 Å². The quantitative estimate of drug-likeness (QED) is 0.864. The van der Waals surface area contributed by atoms with Crippen molar-refractivity contribution in [2.75, 3.05) is 6.54 Å². The molecule has 1 atom stereocenters. The van der Waals surface area contributed by atoms with Crippen LogP contribution in [0.3, 0.4) is 0 Å². The zero-order chi connectivity index (χ0) is 13.1. The molecule has 3 heteroatoms. The molecule has 1 aromatic carbocycles. The smallest absolute Gasteiger partial charge is 0.162 e. The molecular formula is C15H21F2N. The van der Waals surface area contributed by atoms with E-state index in [1.807, 2.05) is 19.9 Å². The van der Waals surface area contributed by atoms with E-state index < -0.39 is 11.6 Å². The summed E-state index contributed by atoms with van der Waals surface area (Å²) in [4.78, 5) is 0. The largest absolute Gasteiger partial charge is 0.314 e. The van der Waals surface area contributed by atoms with E-state index in [9.17, 15) is 8.78 Å². The second-order valence-electron chi connectivity index (χ2n) is 5.48. The first-order valence-electron chi connectivity index (χ1n) is 6.79. The van der Waals surface area contributed by atoms with Crippen molar-refractivity contribution in [3.05, 3.63) is 34.9 Å². The molecule has 1 aromatic rings. The van der Waals surface area contributed by atoms with Gasteiger partial charge in [0.25, 0.3) is 0 Å². The van der Waals surface area contributed by atoms with Crippen LogP contribution in [0.25, 0.3) is 0 Å². The van der Waals surface area contributed by atoms with Crippen LogP contribution in [-0.2, 0) is 6.42 Å². The third-order valence-electron chi connectivity index (χ3n) is 3.67. The highest BCUT2D eigenvalue weighted by Crippen LogP contribution is 2.23. The fourth-order valence-electron chi connectivity index (χ4n) is 2.51. The van der Waals surface area contributed by atoms with Gasteiger partial charge in [-0.05, 0) is 48.9 Å². The molecule has 1 nitrogen and oxygen atoms in total. The van der Waals surface area contributed by atoms with Crippen LogP contribution in [0.2, 0.25) is 0 Å². The van der Waals surface area contributed by atoms with Crippen molar-refractivity contribution >= 4 is 0 Å². The van der Waals surface area contributed by atoms with E-state index in [2.05, 4.69) is 5.32 Å². The van der Waals surface area contributed by atoms with E-state index in [-0.39, 0.29) is 12.0 Å². The Morgan fingerprint density at radius 1 is 1.28 bits per heavy atom. The van der Waals surface area contributed by atoms with Crippen molar-refractivity contribution in [2.24, 2.45) is 0 Å². The Bertz CT molecular complexity index is 409. The average molecular weight is 253 g/mol. The fourth-order valence-corrected chi connectivity index (χ4v) is 2.51. The standard InChI is InChI=1S/C15H21F2N/c1-10(2)11-7-12(15(17)14(16)9-11)8-13-5-3-4-6-18-13/h7,9-10,13,18H,3-6,8H2,1-2H3. The Morgan fingerprint density at radius 3 is 2.67 bits per heavy atom. The van der Waals surface area contributed by atoms with Gasteiger partial charge in [-0.2, -0.15) is 0 Å². The van der Waals surface area contributed by atoms with E-state index in [1.165, 1.54) is 18.9 Å². The predicted molar refractivity (Wildman–Crippen MR) is 69.8 cm³/mol. The molecule has 1 fully saturated rings. The van der Waals surface area contributed by atoms with E-state index in [0.29, 0.717) is 12.0 Å². The zero-order valence-corrected chi connectivity index (χ0v) is 11.1. The van der Waals surface area contributed by atoms with Crippen LogP contribution in [0.1, 0.15) is 50.2 Å². The number of hydrogen-bond acceptors (Lipinski definition) is 1. The fraction of sp³-hybridized carbons (Fsp3) is 0.600. The summed E-state index contributed by atoms with van der Waals surface area (Å²) in [6.07, 6.45) is 3.99. The minimum atomic E-state index is -0.716. The summed E-state index contributed by atoms with van der Waals surface area (Å²) in [5, 5.41) is 3.37. The van der Waals surface area contributed by atoms with Gasteiger partial charge in [-0.3, -0.25) is 0 Å². The van der Waals surface area contributed by atoms with Gasteiger partial charge >= 0.3 is 0 Å². The number of benzene rings is 1. The minimum absolute atomic E-state index is 0.221. The lowest BCUT2D eigenvalue weighted by Gasteiger charge is -2.24. The maximum absolute atomic E-state index is 13.8. The van der Waals surface area contributed by atoms with Gasteiger partial charge in [-0.1, -0.05) is 26.3 Å². The number of nitrogens with one attached hydrogen (secondary N) is 1. The minimum Gasteiger partial charge on any atom is -0.314 e. The van der Waals surface area contributed by atoms with Crippen LogP contribution in [0.4, 0.5) is 8.78 Å². The summed E-state index contributed by atoms with van der Waals surface area (Å²) in [5.74, 6) is -1.17. The number of hydrogen-bond donors (Lipinski definition) is 1. The average Bonchev–Trinajstić information content (AvgIpc) is 2.35. The van der Waals surface area contributed by atoms with Gasteiger partial charge in [0.2, 0.25) is 0 Å². The molecule has 18 heavy (non-hydrogen) atoms. The summed E-state index contributed by atoms with van der Waals surface area (Å²) in [6, 6.07) is 3.42. The lowest BCUT2D eigenvalue weighted by molar-refractivity contribution is 0.391. The molecule has 1 heterocycles. The number of halogens is 2. The molecule has 0 radical (unpaired) electrons. The van der Waals surface area contributed by atoms with Crippen molar-refractivity contribution in [1.82, 2.24) is 5.32 Å². The number of piperidine rings is 1. The molecule has 100 valence electrons. The maximum atomic E-state index is 13.8. The summed E-state index contributed by atoms with van der Waals surface area (Å²) < 4.78 is 27.4. The molecule has 1 saturated heterocycles. The van der Waals surface area contributed by atoms with Crippen molar-refractivity contribution < 1.29 is 8.78 Å². The van der Waals surface area contributed by atoms with Crippen LogP contribution < -0.4 is 5.32 Å². The van der Waals surface area contributed by atoms with Crippen molar-refractivity contribution in [3.8, 4) is 0 Å². The molecule has 2 rings (SSSR count). The Morgan fingerprint density at radius 2 is 2.06 bits per heavy atom. The first kappa shape index (κ1) is 13.5. The molecule has 0 spiro atoms. The van der Waals surface area contributed by atoms with Crippen LogP contribution in [0, 0.1) is 11.6 Å². The molecule has 0 aromatic heterocycles. The van der Waals surface area contributed by atoms with Crippen LogP contribution in [0.15, 0.2) is 12.1 Å². The van der Waals surface area contributed by atoms with E-state index in [1.54, 1.807) is 0 Å². The lowest BCUT2D eigenvalue weighted by atomic mass is 9.94. The Kier molecular flexibility index (Phi) is 4.33. The topological polar surface area (TPSA) is 12.0 Å².